The van der Waals surface area contributed by atoms with E-state index in [1.54, 1.807) is 4.90 Å². The van der Waals surface area contributed by atoms with Crippen molar-refractivity contribution in [3.05, 3.63) is 5.15 Å². The van der Waals surface area contributed by atoms with E-state index in [-0.39, 0.29) is 40.9 Å². The Labute approximate surface area is 155 Å². The molecule has 3 fully saturated rings. The highest BCUT2D eigenvalue weighted by atomic mass is 35.5. The van der Waals surface area contributed by atoms with Gasteiger partial charge in [-0.05, 0) is 26.7 Å². The number of piperidine rings is 1. The third kappa shape index (κ3) is 2.70. The van der Waals surface area contributed by atoms with E-state index in [0.717, 1.165) is 12.2 Å². The highest BCUT2D eigenvalue weighted by Gasteiger charge is 2.64. The molecule has 0 spiro atoms. The summed E-state index contributed by atoms with van der Waals surface area (Å²) in [6.45, 7) is 5.82. The van der Waals surface area contributed by atoms with Gasteiger partial charge in [-0.2, -0.15) is 0 Å². The number of anilines is 2. The second-order valence-corrected chi connectivity index (χ2v) is 8.49. The fourth-order valence-electron chi connectivity index (χ4n) is 3.91. The second kappa shape index (κ2) is 5.97. The number of ether oxygens (including phenoxy) is 2. The molecular weight excluding hydrogens is 364 g/mol. The van der Waals surface area contributed by atoms with Gasteiger partial charge in [0.2, 0.25) is 5.91 Å². The number of amides is 1. The normalized spacial score (nSPS) is 32.5. The van der Waals surface area contributed by atoms with Crippen LogP contribution in [-0.2, 0) is 14.3 Å². The van der Waals surface area contributed by atoms with Crippen LogP contribution in [0.25, 0.3) is 0 Å². The molecule has 2 saturated heterocycles. The Bertz CT molecular complexity index is 732. The van der Waals surface area contributed by atoms with Crippen molar-refractivity contribution in [1.29, 1.82) is 0 Å². The van der Waals surface area contributed by atoms with E-state index in [4.69, 9.17) is 26.8 Å². The number of nitrogen functional groups attached to an aromatic ring is 1. The third-order valence-electron chi connectivity index (χ3n) is 4.84. The molecule has 1 amide bonds. The van der Waals surface area contributed by atoms with Crippen molar-refractivity contribution >= 4 is 40.8 Å². The monoisotopic (exact) mass is 384 g/mol. The molecule has 1 aromatic heterocycles. The van der Waals surface area contributed by atoms with Crippen molar-refractivity contribution in [2.75, 3.05) is 16.4 Å². The van der Waals surface area contributed by atoms with E-state index >= 15 is 0 Å². The fourth-order valence-corrected chi connectivity index (χ4v) is 4.81. The Morgan fingerprint density at radius 1 is 1.36 bits per heavy atom. The molecule has 2 bridgehead atoms. The first-order chi connectivity index (χ1) is 11.8. The Balaban J connectivity index is 1.69. The van der Waals surface area contributed by atoms with Gasteiger partial charge in [0.15, 0.2) is 21.9 Å². The van der Waals surface area contributed by atoms with Gasteiger partial charge in [0.1, 0.15) is 17.9 Å². The molecule has 136 valence electrons. The summed E-state index contributed by atoms with van der Waals surface area (Å²) in [5.41, 5.74) is 6.35. The predicted molar refractivity (Wildman–Crippen MR) is 95.7 cm³/mol. The van der Waals surface area contributed by atoms with E-state index in [2.05, 4.69) is 16.9 Å². The number of hydrogen-bond donors (Lipinski definition) is 1. The number of hydrogen-bond acceptors (Lipinski definition) is 7. The summed E-state index contributed by atoms with van der Waals surface area (Å²) in [6, 6.07) is -0.137. The highest BCUT2D eigenvalue weighted by Crippen LogP contribution is 2.50. The Morgan fingerprint density at radius 2 is 2.08 bits per heavy atom. The minimum atomic E-state index is -0.681. The number of aromatic nitrogens is 2. The van der Waals surface area contributed by atoms with Gasteiger partial charge in [-0.15, -0.1) is 0 Å². The lowest BCUT2D eigenvalue weighted by Gasteiger charge is -2.32. The van der Waals surface area contributed by atoms with E-state index in [1.165, 1.54) is 11.8 Å². The molecule has 1 saturated carbocycles. The zero-order chi connectivity index (χ0) is 17.9. The fraction of sp³-hybridized carbons (Fsp3) is 0.688. The summed E-state index contributed by atoms with van der Waals surface area (Å²) in [4.78, 5) is 23.3. The lowest BCUT2D eigenvalue weighted by molar-refractivity contribution is -0.155. The summed E-state index contributed by atoms with van der Waals surface area (Å²) >= 11 is 7.70. The molecule has 2 N–H and O–H groups in total. The number of carbonyl (C=O) groups excluding carboxylic acids is 1. The molecule has 9 heteroatoms. The number of nitrogens with two attached hydrogens (primary N) is 1. The van der Waals surface area contributed by atoms with Crippen molar-refractivity contribution < 1.29 is 14.3 Å². The number of fused-ring (bicyclic) bond motifs is 5. The lowest BCUT2D eigenvalue weighted by atomic mass is 10.0. The molecule has 4 unspecified atom stereocenters. The lowest BCUT2D eigenvalue weighted by Crippen LogP contribution is -2.51. The Morgan fingerprint density at radius 3 is 2.80 bits per heavy atom. The standard InChI is InChI=1S/C16H21ClN4O3S/c1-4-5-25-15-19-12(17)9(18)13(20-15)21-8-6-7(14(21)22)10-11(8)24-16(2,3)23-10/h7-8,10-11H,4-6,18H2,1-3H3. The zero-order valence-corrected chi connectivity index (χ0v) is 15.9. The van der Waals surface area contributed by atoms with Crippen molar-refractivity contribution in [2.45, 2.75) is 62.8 Å². The van der Waals surface area contributed by atoms with Crippen LogP contribution in [0, 0.1) is 5.92 Å². The molecule has 1 aliphatic carbocycles. The van der Waals surface area contributed by atoms with Gasteiger partial charge in [-0.1, -0.05) is 30.3 Å². The average molecular weight is 385 g/mol. The molecule has 0 radical (unpaired) electrons. The number of carbonyl (C=O) groups is 1. The minimum absolute atomic E-state index is 0.0274. The van der Waals surface area contributed by atoms with Crippen LogP contribution in [0.4, 0.5) is 11.5 Å². The quantitative estimate of drug-likeness (QED) is 0.484. The maximum Gasteiger partial charge on any atom is 0.234 e. The van der Waals surface area contributed by atoms with Gasteiger partial charge in [-0.3, -0.25) is 9.69 Å². The maximum absolute atomic E-state index is 12.9. The molecule has 3 heterocycles. The van der Waals surface area contributed by atoms with Crippen LogP contribution in [0.1, 0.15) is 33.6 Å². The number of thioether (sulfide) groups is 1. The first kappa shape index (κ1) is 17.3. The van der Waals surface area contributed by atoms with Gasteiger partial charge >= 0.3 is 0 Å². The topological polar surface area (TPSA) is 90.6 Å². The number of nitrogens with zero attached hydrogens (tertiary/aromatic N) is 3. The molecule has 2 aliphatic heterocycles. The molecule has 1 aromatic rings. The van der Waals surface area contributed by atoms with E-state index in [9.17, 15) is 4.79 Å². The minimum Gasteiger partial charge on any atom is -0.393 e. The first-order valence-corrected chi connectivity index (χ1v) is 9.83. The van der Waals surface area contributed by atoms with Crippen molar-refractivity contribution in [2.24, 2.45) is 5.92 Å². The summed E-state index contributed by atoms with van der Waals surface area (Å²) < 4.78 is 12.0. The average Bonchev–Trinajstić information content (AvgIpc) is 3.15. The smallest absolute Gasteiger partial charge is 0.234 e. The van der Waals surface area contributed by atoms with Crippen LogP contribution in [0.15, 0.2) is 5.16 Å². The van der Waals surface area contributed by atoms with Crippen LogP contribution >= 0.6 is 23.4 Å². The molecule has 4 rings (SSSR count). The molecule has 0 aromatic carbocycles. The number of halogens is 1. The molecule has 25 heavy (non-hydrogen) atoms. The van der Waals surface area contributed by atoms with Gasteiger partial charge in [-0.25, -0.2) is 9.97 Å². The van der Waals surface area contributed by atoms with Gasteiger partial charge in [0.05, 0.1) is 12.0 Å². The predicted octanol–water partition coefficient (Wildman–Crippen LogP) is 2.47. The Kier molecular flexibility index (Phi) is 4.14. The van der Waals surface area contributed by atoms with Crippen molar-refractivity contribution in [3.8, 4) is 0 Å². The van der Waals surface area contributed by atoms with Gasteiger partial charge in [0, 0.05) is 5.75 Å². The maximum atomic E-state index is 12.9. The second-order valence-electron chi connectivity index (χ2n) is 7.07. The highest BCUT2D eigenvalue weighted by molar-refractivity contribution is 7.99. The van der Waals surface area contributed by atoms with Crippen LogP contribution in [0.2, 0.25) is 5.15 Å². The molecule has 7 nitrogen and oxygen atoms in total. The van der Waals surface area contributed by atoms with Crippen LogP contribution in [0.5, 0.6) is 0 Å². The van der Waals surface area contributed by atoms with Crippen LogP contribution < -0.4 is 10.6 Å². The first-order valence-electron chi connectivity index (χ1n) is 8.47. The van der Waals surface area contributed by atoms with Crippen molar-refractivity contribution in [1.82, 2.24) is 9.97 Å². The molecular formula is C16H21ClN4O3S. The third-order valence-corrected chi connectivity index (χ3v) is 6.18. The van der Waals surface area contributed by atoms with Gasteiger partial charge < -0.3 is 15.2 Å². The summed E-state index contributed by atoms with van der Waals surface area (Å²) in [7, 11) is 0. The van der Waals surface area contributed by atoms with E-state index in [1.807, 2.05) is 13.8 Å². The number of rotatable bonds is 4. The van der Waals surface area contributed by atoms with Crippen molar-refractivity contribution in [3.63, 3.8) is 0 Å². The largest absolute Gasteiger partial charge is 0.393 e. The summed E-state index contributed by atoms with van der Waals surface area (Å²) in [6.07, 6.45) is 1.31. The van der Waals surface area contributed by atoms with E-state index in [0.29, 0.717) is 17.4 Å². The summed E-state index contributed by atoms with van der Waals surface area (Å²) in [5.74, 6) is 0.328. The summed E-state index contributed by atoms with van der Waals surface area (Å²) in [5, 5.41) is 0.715. The molecule has 4 atom stereocenters. The van der Waals surface area contributed by atoms with Crippen LogP contribution in [0.3, 0.4) is 0 Å². The van der Waals surface area contributed by atoms with Crippen LogP contribution in [-0.4, -0.2) is 45.7 Å². The van der Waals surface area contributed by atoms with E-state index < -0.39 is 5.79 Å². The van der Waals surface area contributed by atoms with Gasteiger partial charge in [0.25, 0.3) is 0 Å². The SMILES string of the molecule is CCCSc1nc(Cl)c(N)c(N2C(=O)C3CC2C2OC(C)(C)OC32)n1. The Hall–Kier alpha value is -1.09. The molecule has 3 aliphatic rings. The zero-order valence-electron chi connectivity index (χ0n) is 14.4.